The molecule has 0 unspecified atom stereocenters. The molecule has 0 fully saturated rings. The van der Waals surface area contributed by atoms with Crippen molar-refractivity contribution in [1.29, 1.82) is 0 Å². The monoisotopic (exact) mass is 231 g/mol. The molecule has 1 N–H and O–H groups in total. The normalized spacial score (nSPS) is 11.0. The van der Waals surface area contributed by atoms with Gasteiger partial charge < -0.3 is 9.67 Å². The van der Waals surface area contributed by atoms with Crippen molar-refractivity contribution in [3.63, 3.8) is 0 Å². The average molecular weight is 231 g/mol. The Hall–Kier alpha value is -1.61. The number of carbonyl (C=O) groups excluding carboxylic acids is 1. The number of aromatic nitrogens is 1. The zero-order valence-electron chi connectivity index (χ0n) is 10.2. The van der Waals surface area contributed by atoms with Crippen LogP contribution < -0.4 is 0 Å². The molecule has 2 rings (SSSR count). The first kappa shape index (κ1) is 11.9. The van der Waals surface area contributed by atoms with Gasteiger partial charge >= 0.3 is 0 Å². The highest BCUT2D eigenvalue weighted by Gasteiger charge is 2.11. The second-order valence-electron chi connectivity index (χ2n) is 4.22. The lowest BCUT2D eigenvalue weighted by molar-refractivity contribution is 0.101. The molecule has 0 spiro atoms. The van der Waals surface area contributed by atoms with Gasteiger partial charge in [-0.25, -0.2) is 0 Å². The van der Waals surface area contributed by atoms with E-state index in [1.165, 1.54) is 5.56 Å². The summed E-state index contributed by atoms with van der Waals surface area (Å²) in [4.78, 5) is 11.6. The van der Waals surface area contributed by atoms with Gasteiger partial charge in [-0.2, -0.15) is 0 Å². The Kier molecular flexibility index (Phi) is 3.29. The van der Waals surface area contributed by atoms with Gasteiger partial charge in [0.25, 0.3) is 0 Å². The third-order valence-corrected chi connectivity index (χ3v) is 3.07. The maximum Gasteiger partial charge on any atom is 0.161 e. The Balaban J connectivity index is 2.67. The number of ketones is 1. The van der Waals surface area contributed by atoms with Crippen molar-refractivity contribution >= 4 is 16.7 Å². The van der Waals surface area contributed by atoms with Gasteiger partial charge in [-0.3, -0.25) is 4.79 Å². The number of aryl methyl sites for hydroxylation is 1. The minimum Gasteiger partial charge on any atom is -0.395 e. The maximum atomic E-state index is 11.6. The molecule has 17 heavy (non-hydrogen) atoms. The van der Waals surface area contributed by atoms with E-state index in [0.717, 1.165) is 22.9 Å². The molecule has 90 valence electrons. The number of aliphatic hydroxyl groups excluding tert-OH is 1. The van der Waals surface area contributed by atoms with E-state index < -0.39 is 0 Å². The lowest BCUT2D eigenvalue weighted by Crippen LogP contribution is -2.00. The maximum absolute atomic E-state index is 11.6. The number of benzene rings is 1. The quantitative estimate of drug-likeness (QED) is 0.821. The number of hydrogen-bond donors (Lipinski definition) is 1. The Morgan fingerprint density at radius 3 is 2.76 bits per heavy atom. The average Bonchev–Trinajstić information content (AvgIpc) is 2.68. The Morgan fingerprint density at radius 2 is 2.18 bits per heavy atom. The Labute approximate surface area is 101 Å². The van der Waals surface area contributed by atoms with Crippen molar-refractivity contribution in [2.24, 2.45) is 0 Å². The van der Waals surface area contributed by atoms with E-state index in [0.29, 0.717) is 6.54 Å². The molecule has 0 saturated heterocycles. The van der Waals surface area contributed by atoms with E-state index in [1.54, 1.807) is 6.92 Å². The summed E-state index contributed by atoms with van der Waals surface area (Å²) in [5.41, 5.74) is 2.98. The highest BCUT2D eigenvalue weighted by atomic mass is 16.3. The summed E-state index contributed by atoms with van der Waals surface area (Å²) in [6.45, 7) is 4.28. The first-order valence-corrected chi connectivity index (χ1v) is 5.91. The standard InChI is InChI=1S/C14H17NO2/c1-3-11-4-5-14-12(8-11)13(10(2)17)9-15(14)6-7-16/h4-5,8-9,16H,3,6-7H2,1-2H3. The molecule has 1 aromatic carbocycles. The smallest absolute Gasteiger partial charge is 0.161 e. The zero-order valence-corrected chi connectivity index (χ0v) is 10.2. The first-order valence-electron chi connectivity index (χ1n) is 5.91. The van der Waals surface area contributed by atoms with Crippen LogP contribution in [0.2, 0.25) is 0 Å². The van der Waals surface area contributed by atoms with Crippen LogP contribution in [-0.2, 0) is 13.0 Å². The predicted octanol–water partition coefficient (Wildman–Crippen LogP) is 2.40. The van der Waals surface area contributed by atoms with Crippen molar-refractivity contribution in [2.45, 2.75) is 26.8 Å². The van der Waals surface area contributed by atoms with Crippen molar-refractivity contribution in [3.8, 4) is 0 Å². The van der Waals surface area contributed by atoms with E-state index in [4.69, 9.17) is 5.11 Å². The third-order valence-electron chi connectivity index (χ3n) is 3.07. The van der Waals surface area contributed by atoms with Crippen molar-refractivity contribution in [3.05, 3.63) is 35.5 Å². The third kappa shape index (κ3) is 2.11. The molecule has 1 heterocycles. The van der Waals surface area contributed by atoms with E-state index in [9.17, 15) is 4.79 Å². The van der Waals surface area contributed by atoms with Gasteiger partial charge in [0.15, 0.2) is 5.78 Å². The molecule has 0 bridgehead atoms. The molecule has 0 aliphatic carbocycles. The summed E-state index contributed by atoms with van der Waals surface area (Å²) in [5, 5.41) is 10.0. The second kappa shape index (κ2) is 4.72. The fourth-order valence-corrected chi connectivity index (χ4v) is 2.14. The van der Waals surface area contributed by atoms with Crippen molar-refractivity contribution in [2.75, 3.05) is 6.61 Å². The van der Waals surface area contributed by atoms with Crippen LogP contribution >= 0.6 is 0 Å². The summed E-state index contributed by atoms with van der Waals surface area (Å²) >= 11 is 0. The zero-order chi connectivity index (χ0) is 12.4. The lowest BCUT2D eigenvalue weighted by Gasteiger charge is -2.03. The first-order chi connectivity index (χ1) is 8.17. The molecule has 0 atom stereocenters. The molecule has 2 aromatic rings. The number of nitrogens with zero attached hydrogens (tertiary/aromatic N) is 1. The van der Waals surface area contributed by atoms with Crippen LogP contribution in [0.4, 0.5) is 0 Å². The topological polar surface area (TPSA) is 42.2 Å². The summed E-state index contributed by atoms with van der Waals surface area (Å²) < 4.78 is 1.94. The van der Waals surface area contributed by atoms with E-state index in [1.807, 2.05) is 16.8 Å². The van der Waals surface area contributed by atoms with Crippen LogP contribution in [0.15, 0.2) is 24.4 Å². The van der Waals surface area contributed by atoms with Gasteiger partial charge in [-0.05, 0) is 31.0 Å². The Morgan fingerprint density at radius 1 is 1.41 bits per heavy atom. The molecule has 0 amide bonds. The van der Waals surface area contributed by atoms with Gasteiger partial charge in [0.2, 0.25) is 0 Å². The molecule has 0 aliphatic rings. The lowest BCUT2D eigenvalue weighted by atomic mass is 10.1. The largest absolute Gasteiger partial charge is 0.395 e. The summed E-state index contributed by atoms with van der Waals surface area (Å²) in [7, 11) is 0. The number of Topliss-reactive ketones (excluding diaryl/α,β-unsaturated/α-hetero) is 1. The van der Waals surface area contributed by atoms with Crippen LogP contribution in [-0.4, -0.2) is 22.1 Å². The Bertz CT molecular complexity index is 555. The minimum atomic E-state index is 0.0694. The van der Waals surface area contributed by atoms with E-state index in [-0.39, 0.29) is 12.4 Å². The van der Waals surface area contributed by atoms with Gasteiger partial charge in [0.1, 0.15) is 0 Å². The molecular weight excluding hydrogens is 214 g/mol. The van der Waals surface area contributed by atoms with Crippen LogP contribution in [0.25, 0.3) is 10.9 Å². The van der Waals surface area contributed by atoms with Crippen LogP contribution in [0.5, 0.6) is 0 Å². The molecule has 0 saturated carbocycles. The minimum absolute atomic E-state index is 0.0694. The van der Waals surface area contributed by atoms with Crippen LogP contribution in [0.3, 0.4) is 0 Å². The number of aliphatic hydroxyl groups is 1. The molecule has 0 aliphatic heterocycles. The highest BCUT2D eigenvalue weighted by molar-refractivity contribution is 6.07. The molecular formula is C14H17NO2. The molecule has 1 aromatic heterocycles. The summed E-state index contributed by atoms with van der Waals surface area (Å²) in [6, 6.07) is 6.16. The predicted molar refractivity (Wildman–Crippen MR) is 68.4 cm³/mol. The SMILES string of the molecule is CCc1ccc2c(c1)c(C(C)=O)cn2CCO. The van der Waals surface area contributed by atoms with Gasteiger partial charge in [0, 0.05) is 29.2 Å². The number of rotatable bonds is 4. The fourth-order valence-electron chi connectivity index (χ4n) is 2.14. The van der Waals surface area contributed by atoms with Crippen molar-refractivity contribution in [1.82, 2.24) is 4.57 Å². The number of carbonyl (C=O) groups is 1. The number of fused-ring (bicyclic) bond motifs is 1. The second-order valence-corrected chi connectivity index (χ2v) is 4.22. The summed E-state index contributed by atoms with van der Waals surface area (Å²) in [6.07, 6.45) is 2.79. The molecule has 3 heteroatoms. The van der Waals surface area contributed by atoms with Gasteiger partial charge in [0.05, 0.1) is 6.61 Å². The van der Waals surface area contributed by atoms with Gasteiger partial charge in [-0.15, -0.1) is 0 Å². The van der Waals surface area contributed by atoms with Crippen LogP contribution in [0, 0.1) is 0 Å². The number of hydrogen-bond acceptors (Lipinski definition) is 2. The highest BCUT2D eigenvalue weighted by Crippen LogP contribution is 2.23. The van der Waals surface area contributed by atoms with Crippen LogP contribution in [0.1, 0.15) is 29.8 Å². The molecule has 0 radical (unpaired) electrons. The van der Waals surface area contributed by atoms with E-state index >= 15 is 0 Å². The fraction of sp³-hybridized carbons (Fsp3) is 0.357. The van der Waals surface area contributed by atoms with E-state index in [2.05, 4.69) is 19.1 Å². The summed E-state index contributed by atoms with van der Waals surface area (Å²) in [5.74, 6) is 0.0694. The van der Waals surface area contributed by atoms with Gasteiger partial charge in [-0.1, -0.05) is 13.0 Å². The molecule has 3 nitrogen and oxygen atoms in total. The van der Waals surface area contributed by atoms with Crippen molar-refractivity contribution < 1.29 is 9.90 Å².